The fourth-order valence-corrected chi connectivity index (χ4v) is 8.01. The molecular weight excluding hydrogens is 436 g/mol. The van der Waals surface area contributed by atoms with E-state index >= 15 is 0 Å². The van der Waals surface area contributed by atoms with Crippen molar-refractivity contribution in [3.63, 3.8) is 0 Å². The predicted molar refractivity (Wildman–Crippen MR) is 123 cm³/mol. The lowest BCUT2D eigenvalue weighted by Crippen LogP contribution is -2.47. The average molecular weight is 459 g/mol. The number of aryl methyl sites for hydroxylation is 1. The van der Waals surface area contributed by atoms with Gasteiger partial charge in [0, 0.05) is 0 Å². The van der Waals surface area contributed by atoms with Crippen LogP contribution >= 0.6 is 0 Å². The molecule has 6 nitrogen and oxygen atoms in total. The van der Waals surface area contributed by atoms with Crippen molar-refractivity contribution in [2.45, 2.75) is 30.3 Å². The lowest BCUT2D eigenvalue weighted by atomic mass is 9.70. The number of fused-ring (bicyclic) bond motifs is 8. The molecule has 33 heavy (non-hydrogen) atoms. The normalized spacial score (nSPS) is 28.3. The Hall–Kier alpha value is -3.29. The summed E-state index contributed by atoms with van der Waals surface area (Å²) in [7, 11) is -3.98. The van der Waals surface area contributed by atoms with Gasteiger partial charge in [-0.1, -0.05) is 60.2 Å². The molecule has 2 amide bonds. The third-order valence-electron chi connectivity index (χ3n) is 7.42. The molecule has 3 aromatic rings. The van der Waals surface area contributed by atoms with Crippen LogP contribution in [0.4, 0.5) is 5.69 Å². The molecular formula is C26H22N2O4S. The van der Waals surface area contributed by atoms with Crippen molar-refractivity contribution >= 4 is 27.5 Å². The molecule has 3 aliphatic heterocycles. The highest BCUT2D eigenvalue weighted by Gasteiger charge is 2.74. The van der Waals surface area contributed by atoms with Crippen LogP contribution in [0, 0.1) is 18.8 Å². The summed E-state index contributed by atoms with van der Waals surface area (Å²) in [4.78, 5) is 28.8. The van der Waals surface area contributed by atoms with E-state index in [0.29, 0.717) is 5.69 Å². The maximum Gasteiger partial charge on any atom is 0.244 e. The minimum atomic E-state index is -3.98. The van der Waals surface area contributed by atoms with Gasteiger partial charge in [-0.3, -0.25) is 9.59 Å². The van der Waals surface area contributed by atoms with Gasteiger partial charge in [0.05, 0.1) is 34.0 Å². The topological polar surface area (TPSA) is 74.8 Å². The maximum atomic E-state index is 14.0. The van der Waals surface area contributed by atoms with Crippen molar-refractivity contribution < 1.29 is 18.0 Å². The van der Waals surface area contributed by atoms with Crippen molar-refractivity contribution in [1.29, 1.82) is 0 Å². The highest BCUT2D eigenvalue weighted by Crippen LogP contribution is 2.66. The van der Waals surface area contributed by atoms with Crippen molar-refractivity contribution in [2.75, 3.05) is 4.90 Å². The summed E-state index contributed by atoms with van der Waals surface area (Å²) >= 11 is 0. The van der Waals surface area contributed by atoms with Crippen LogP contribution in [0.3, 0.4) is 0 Å². The SMILES string of the molecule is Cc1ccc(S(=O)(=O)N2[C@H]3c4ccccc4[C@]2(C)[C@@H]2C(=O)N(c4ccccc4)C(=O)[C@@H]23)cc1. The van der Waals surface area contributed by atoms with E-state index in [2.05, 4.69) is 0 Å². The first-order valence-corrected chi connectivity index (χ1v) is 12.4. The van der Waals surface area contributed by atoms with E-state index < -0.39 is 33.4 Å². The van der Waals surface area contributed by atoms with Crippen LogP contribution in [0.25, 0.3) is 0 Å². The fourth-order valence-electron chi connectivity index (χ4n) is 6.05. The number of anilines is 1. The quantitative estimate of drug-likeness (QED) is 0.560. The molecule has 7 heteroatoms. The summed E-state index contributed by atoms with van der Waals surface area (Å²) in [5, 5.41) is 0. The van der Waals surface area contributed by atoms with Crippen LogP contribution < -0.4 is 4.90 Å². The Kier molecular flexibility index (Phi) is 4.08. The molecule has 3 aromatic carbocycles. The second-order valence-electron chi connectivity index (χ2n) is 9.14. The Morgan fingerprint density at radius 1 is 0.818 bits per heavy atom. The molecule has 0 saturated carbocycles. The summed E-state index contributed by atoms with van der Waals surface area (Å²) in [5.41, 5.74) is 1.90. The van der Waals surface area contributed by atoms with Gasteiger partial charge in [0.1, 0.15) is 0 Å². The molecule has 6 rings (SSSR count). The lowest BCUT2D eigenvalue weighted by Gasteiger charge is -2.35. The number of amides is 2. The Labute approximate surface area is 192 Å². The number of sulfonamides is 1. The number of hydrogen-bond acceptors (Lipinski definition) is 4. The largest absolute Gasteiger partial charge is 0.274 e. The van der Waals surface area contributed by atoms with E-state index in [9.17, 15) is 18.0 Å². The van der Waals surface area contributed by atoms with E-state index in [0.717, 1.165) is 16.7 Å². The average Bonchev–Trinajstić information content (AvgIpc) is 3.36. The number of hydrogen-bond donors (Lipinski definition) is 0. The number of carbonyl (C=O) groups excluding carboxylic acids is 2. The van der Waals surface area contributed by atoms with Gasteiger partial charge in [-0.15, -0.1) is 0 Å². The van der Waals surface area contributed by atoms with Crippen molar-refractivity contribution in [2.24, 2.45) is 11.8 Å². The second kappa shape index (κ2) is 6.62. The molecule has 0 aromatic heterocycles. The first-order chi connectivity index (χ1) is 15.8. The van der Waals surface area contributed by atoms with Crippen LogP contribution in [0.5, 0.6) is 0 Å². The Morgan fingerprint density at radius 3 is 2.15 bits per heavy atom. The first kappa shape index (κ1) is 20.3. The molecule has 0 radical (unpaired) electrons. The van der Waals surface area contributed by atoms with Gasteiger partial charge >= 0.3 is 0 Å². The molecule has 0 spiro atoms. The van der Waals surface area contributed by atoms with E-state index in [1.165, 1.54) is 9.21 Å². The summed E-state index contributed by atoms with van der Waals surface area (Å²) in [6, 6.07) is 22.3. The number of para-hydroxylation sites is 1. The third kappa shape index (κ3) is 2.44. The number of rotatable bonds is 3. The van der Waals surface area contributed by atoms with Crippen LogP contribution in [0.1, 0.15) is 29.7 Å². The zero-order chi connectivity index (χ0) is 23.1. The predicted octanol–water partition coefficient (Wildman–Crippen LogP) is 3.78. The molecule has 4 atom stereocenters. The van der Waals surface area contributed by atoms with Crippen molar-refractivity contribution in [3.05, 3.63) is 95.6 Å². The summed E-state index contributed by atoms with van der Waals surface area (Å²) in [5.74, 6) is -2.24. The molecule has 2 bridgehead atoms. The van der Waals surface area contributed by atoms with E-state index in [-0.39, 0.29) is 16.7 Å². The van der Waals surface area contributed by atoms with Crippen LogP contribution in [0.15, 0.2) is 83.8 Å². The molecule has 2 fully saturated rings. The molecule has 3 heterocycles. The third-order valence-corrected chi connectivity index (χ3v) is 9.42. The van der Waals surface area contributed by atoms with Crippen LogP contribution in [-0.4, -0.2) is 24.5 Å². The summed E-state index contributed by atoms with van der Waals surface area (Å²) < 4.78 is 29.4. The molecule has 0 unspecified atom stereocenters. The van der Waals surface area contributed by atoms with Crippen LogP contribution in [0.2, 0.25) is 0 Å². The number of benzene rings is 3. The van der Waals surface area contributed by atoms with Gasteiger partial charge in [0.15, 0.2) is 0 Å². The van der Waals surface area contributed by atoms with E-state index in [4.69, 9.17) is 0 Å². The van der Waals surface area contributed by atoms with Crippen LogP contribution in [-0.2, 0) is 25.2 Å². The standard InChI is InChI=1S/C26H22N2O4S/c1-16-12-14-18(15-13-16)33(31,32)28-23-19-10-6-7-11-20(19)26(28,2)22-21(23)24(29)27(25(22)30)17-8-4-3-5-9-17/h3-15,21-23H,1-2H3/t21-,22-,23-,26+/m0/s1. The van der Waals surface area contributed by atoms with Gasteiger partial charge in [-0.25, -0.2) is 13.3 Å². The number of carbonyl (C=O) groups is 2. The van der Waals surface area contributed by atoms with Gasteiger partial charge in [0.2, 0.25) is 21.8 Å². The highest BCUT2D eigenvalue weighted by molar-refractivity contribution is 7.89. The smallest absolute Gasteiger partial charge is 0.244 e. The minimum Gasteiger partial charge on any atom is -0.274 e. The number of imide groups is 1. The Balaban J connectivity index is 1.55. The van der Waals surface area contributed by atoms with Crippen molar-refractivity contribution in [1.82, 2.24) is 4.31 Å². The zero-order valence-corrected chi connectivity index (χ0v) is 19.0. The molecule has 0 aliphatic carbocycles. The minimum absolute atomic E-state index is 0.164. The van der Waals surface area contributed by atoms with E-state index in [1.54, 1.807) is 55.5 Å². The summed E-state index contributed by atoms with van der Waals surface area (Å²) in [6.07, 6.45) is 0. The number of nitrogens with zero attached hydrogens (tertiary/aromatic N) is 2. The lowest BCUT2D eigenvalue weighted by molar-refractivity contribution is -0.124. The summed E-state index contributed by atoms with van der Waals surface area (Å²) in [6.45, 7) is 3.69. The van der Waals surface area contributed by atoms with Gasteiger partial charge in [-0.05, 0) is 49.2 Å². The van der Waals surface area contributed by atoms with E-state index in [1.807, 2.05) is 37.3 Å². The Morgan fingerprint density at radius 2 is 1.45 bits per heavy atom. The van der Waals surface area contributed by atoms with Gasteiger partial charge < -0.3 is 0 Å². The first-order valence-electron chi connectivity index (χ1n) is 10.9. The van der Waals surface area contributed by atoms with Gasteiger partial charge in [-0.2, -0.15) is 4.31 Å². The van der Waals surface area contributed by atoms with Crippen molar-refractivity contribution in [3.8, 4) is 0 Å². The fraction of sp³-hybridized carbons (Fsp3) is 0.231. The molecule has 166 valence electrons. The van der Waals surface area contributed by atoms with Gasteiger partial charge in [0.25, 0.3) is 0 Å². The Bertz CT molecular complexity index is 1420. The second-order valence-corrected chi connectivity index (χ2v) is 11.0. The maximum absolute atomic E-state index is 14.0. The molecule has 0 N–H and O–H groups in total. The zero-order valence-electron chi connectivity index (χ0n) is 18.2. The molecule has 2 saturated heterocycles. The monoisotopic (exact) mass is 458 g/mol. The highest BCUT2D eigenvalue weighted by atomic mass is 32.2. The molecule has 3 aliphatic rings.